The third kappa shape index (κ3) is 6.20. The van der Waals surface area contributed by atoms with Crippen LogP contribution in [0.3, 0.4) is 0 Å². The third-order valence-electron chi connectivity index (χ3n) is 5.25. The van der Waals surface area contributed by atoms with Crippen molar-refractivity contribution in [1.29, 1.82) is 0 Å². The Hall–Kier alpha value is 0.380. The molecule has 0 spiro atoms. The minimum absolute atomic E-state index is 0. The number of allylic oxidation sites excluding steroid dienone is 9. The summed E-state index contributed by atoms with van der Waals surface area (Å²) in [6.45, 7) is 21.2. The molecule has 0 atom stereocenters. The maximum absolute atomic E-state index is 4.46. The largest absolute Gasteiger partial charge is 1.00 e. The minimum atomic E-state index is -1.07. The van der Waals surface area contributed by atoms with Crippen molar-refractivity contribution in [3.05, 3.63) is 58.7 Å². The summed E-state index contributed by atoms with van der Waals surface area (Å²) >= 11 is -0.673. The van der Waals surface area contributed by atoms with Crippen LogP contribution in [0.2, 0.25) is 32.4 Å². The quantitative estimate of drug-likeness (QED) is 0.400. The molecule has 0 aromatic heterocycles. The van der Waals surface area contributed by atoms with Crippen molar-refractivity contribution in [2.45, 2.75) is 66.5 Å². The maximum Gasteiger partial charge on any atom is -1.00 e. The fourth-order valence-electron chi connectivity index (χ4n) is 3.84. The molecule has 0 nitrogen and oxygen atoms in total. The maximum atomic E-state index is 4.46. The normalized spacial score (nSPS) is 19.0. The topological polar surface area (TPSA) is 0 Å². The molecule has 138 valence electrons. The fourth-order valence-corrected chi connectivity index (χ4v) is 10.7. The molecule has 0 fully saturated rings. The Labute approximate surface area is 180 Å². The van der Waals surface area contributed by atoms with Crippen molar-refractivity contribution in [3.8, 4) is 0 Å². The first-order valence-corrected chi connectivity index (χ1v) is 15.1. The van der Waals surface area contributed by atoms with E-state index in [1.165, 1.54) is 18.0 Å². The van der Waals surface area contributed by atoms with Crippen molar-refractivity contribution >= 4 is 8.07 Å². The van der Waals surface area contributed by atoms with Gasteiger partial charge in [0.15, 0.2) is 0 Å². The zero-order chi connectivity index (χ0) is 17.4. The van der Waals surface area contributed by atoms with Crippen LogP contribution in [-0.2, 0) is 23.2 Å². The summed E-state index contributed by atoms with van der Waals surface area (Å²) in [7, 11) is -1.07. The molecule has 2 rings (SSSR count). The summed E-state index contributed by atoms with van der Waals surface area (Å²) in [5.74, 6) is 0. The van der Waals surface area contributed by atoms with E-state index in [2.05, 4.69) is 78.2 Å². The molecular formula is C21H32Cl2SiZr. The van der Waals surface area contributed by atoms with E-state index in [0.29, 0.717) is 3.12 Å². The molecule has 0 amide bonds. The first kappa shape index (κ1) is 25.4. The average Bonchev–Trinajstić information content (AvgIpc) is 2.93. The summed E-state index contributed by atoms with van der Waals surface area (Å²) in [5.41, 5.74) is 7.88. The second-order valence-electron chi connectivity index (χ2n) is 8.62. The monoisotopic (exact) mass is 472 g/mol. The van der Waals surface area contributed by atoms with E-state index >= 15 is 0 Å². The average molecular weight is 475 g/mol. The standard InChI is InChI=1S/C12H19Si.C9H13.2ClH.Zr/c1-11(10-13(2,3)4)9-12-7-5-6-8-12;1-6-5-7(2)9(4)8(6)3;;;/h5-8H,1,9-10H2,2-4H3;5H,1-4H3;2*1H;/q;;;;+2/p-2. The summed E-state index contributed by atoms with van der Waals surface area (Å²) in [4.78, 5) is 0. The van der Waals surface area contributed by atoms with E-state index in [0.717, 1.165) is 3.63 Å². The molecular weight excluding hydrogens is 442 g/mol. The first-order valence-electron chi connectivity index (χ1n) is 8.71. The van der Waals surface area contributed by atoms with Gasteiger partial charge in [-0.1, -0.05) is 0 Å². The van der Waals surface area contributed by atoms with Crippen molar-refractivity contribution < 1.29 is 48.0 Å². The number of hydrogen-bond donors (Lipinski definition) is 0. The van der Waals surface area contributed by atoms with Gasteiger partial charge in [0.05, 0.1) is 0 Å². The van der Waals surface area contributed by atoms with E-state index in [-0.39, 0.29) is 24.8 Å². The molecule has 0 radical (unpaired) electrons. The van der Waals surface area contributed by atoms with Crippen molar-refractivity contribution in [2.24, 2.45) is 0 Å². The van der Waals surface area contributed by atoms with Gasteiger partial charge in [-0.2, -0.15) is 0 Å². The summed E-state index contributed by atoms with van der Waals surface area (Å²) in [6.07, 6.45) is 10.7. The molecule has 2 aliphatic carbocycles. The molecule has 0 saturated carbocycles. The molecule has 0 aromatic rings. The molecule has 0 aliphatic heterocycles. The summed E-state index contributed by atoms with van der Waals surface area (Å²) < 4.78 is 1.11. The Kier molecular flexibility index (Phi) is 9.68. The van der Waals surface area contributed by atoms with Gasteiger partial charge in [-0.3, -0.25) is 0 Å². The van der Waals surface area contributed by atoms with Crippen LogP contribution in [0.5, 0.6) is 0 Å². The van der Waals surface area contributed by atoms with Crippen LogP contribution in [-0.4, -0.2) is 8.07 Å². The van der Waals surface area contributed by atoms with E-state index in [9.17, 15) is 0 Å². The van der Waals surface area contributed by atoms with E-state index in [1.54, 1.807) is 22.3 Å². The van der Waals surface area contributed by atoms with E-state index in [1.807, 2.05) is 0 Å². The van der Waals surface area contributed by atoms with Crippen LogP contribution < -0.4 is 24.8 Å². The van der Waals surface area contributed by atoms with Crippen LogP contribution >= 0.6 is 0 Å². The predicted octanol–water partition coefficient (Wildman–Crippen LogP) is 1.12. The Morgan fingerprint density at radius 1 is 1.00 bits per heavy atom. The molecule has 0 bridgehead atoms. The zero-order valence-corrected chi connectivity index (χ0v) is 21.7. The molecule has 0 heterocycles. The number of hydrogen-bond acceptors (Lipinski definition) is 0. The summed E-state index contributed by atoms with van der Waals surface area (Å²) in [6, 6.07) is 1.27. The van der Waals surface area contributed by atoms with E-state index in [4.69, 9.17) is 0 Å². The predicted molar refractivity (Wildman–Crippen MR) is 103 cm³/mol. The van der Waals surface area contributed by atoms with Crippen molar-refractivity contribution in [2.75, 3.05) is 0 Å². The second kappa shape index (κ2) is 9.54. The van der Waals surface area contributed by atoms with Crippen molar-refractivity contribution in [1.82, 2.24) is 0 Å². The third-order valence-corrected chi connectivity index (χ3v) is 12.2. The van der Waals surface area contributed by atoms with Gasteiger partial charge in [0.2, 0.25) is 0 Å². The molecule has 0 saturated heterocycles. The molecule has 25 heavy (non-hydrogen) atoms. The Morgan fingerprint density at radius 2 is 1.44 bits per heavy atom. The first-order chi connectivity index (χ1) is 10.5. The molecule has 0 unspecified atom stereocenters. The Bertz CT molecular complexity index is 597. The minimum Gasteiger partial charge on any atom is -1.00 e. The van der Waals surface area contributed by atoms with Gasteiger partial charge in [0, 0.05) is 0 Å². The van der Waals surface area contributed by atoms with Crippen molar-refractivity contribution in [3.63, 3.8) is 0 Å². The summed E-state index contributed by atoms with van der Waals surface area (Å²) in [5, 5.41) is 0. The van der Waals surface area contributed by atoms with Gasteiger partial charge in [-0.15, -0.1) is 0 Å². The molecule has 0 N–H and O–H groups in total. The Balaban J connectivity index is 0.00000288. The van der Waals surface area contributed by atoms with Crippen LogP contribution in [0, 0.1) is 0 Å². The van der Waals surface area contributed by atoms with Gasteiger partial charge in [-0.25, -0.2) is 0 Å². The SMILES string of the molecule is C=C(C[C]1([Zr+2][CH]2C(C)=C(C)C(C)=C2C)C=CC=C1)C[Si](C)(C)C.[Cl-].[Cl-]. The Morgan fingerprint density at radius 3 is 1.84 bits per heavy atom. The van der Waals surface area contributed by atoms with Crippen LogP contribution in [0.25, 0.3) is 0 Å². The number of halogens is 2. The molecule has 4 heteroatoms. The molecule has 0 aromatic carbocycles. The van der Waals surface area contributed by atoms with E-state index < -0.39 is 31.3 Å². The van der Waals surface area contributed by atoms with Crippen LogP contribution in [0.4, 0.5) is 0 Å². The van der Waals surface area contributed by atoms with Gasteiger partial charge >= 0.3 is 157 Å². The van der Waals surface area contributed by atoms with Crippen LogP contribution in [0.1, 0.15) is 34.1 Å². The van der Waals surface area contributed by atoms with Gasteiger partial charge < -0.3 is 24.8 Å². The fraction of sp³-hybridized carbons (Fsp3) is 0.524. The van der Waals surface area contributed by atoms with Gasteiger partial charge in [0.25, 0.3) is 0 Å². The van der Waals surface area contributed by atoms with Gasteiger partial charge in [-0.05, 0) is 0 Å². The second-order valence-corrected chi connectivity index (χ2v) is 18.5. The van der Waals surface area contributed by atoms with Crippen LogP contribution in [0.15, 0.2) is 58.7 Å². The van der Waals surface area contributed by atoms with Gasteiger partial charge in [0.1, 0.15) is 0 Å². The number of rotatable bonds is 6. The molecule has 2 aliphatic rings. The zero-order valence-electron chi connectivity index (χ0n) is 16.8. The smallest absolute Gasteiger partial charge is 1.00 e.